The Morgan fingerprint density at radius 1 is 1.40 bits per heavy atom. The van der Waals surface area contributed by atoms with Crippen LogP contribution in [0.1, 0.15) is 5.56 Å². The van der Waals surface area contributed by atoms with E-state index in [0.29, 0.717) is 5.56 Å². The minimum absolute atomic E-state index is 0.166. The number of ether oxygens (including phenoxy) is 1. The molecule has 15 heavy (non-hydrogen) atoms. The van der Waals surface area contributed by atoms with Gasteiger partial charge in [-0.2, -0.15) is 0 Å². The van der Waals surface area contributed by atoms with Gasteiger partial charge in [-0.1, -0.05) is 34.8 Å². The fraction of sp³-hybridized carbons (Fsp3) is 0.222. The highest BCUT2D eigenvalue weighted by atomic mass is 35.5. The van der Waals surface area contributed by atoms with Crippen molar-refractivity contribution in [2.75, 3.05) is 7.11 Å². The fourth-order valence-electron chi connectivity index (χ4n) is 1.14. The van der Waals surface area contributed by atoms with Gasteiger partial charge in [0.2, 0.25) is 0 Å². The Bertz CT molecular complexity index is 404. The zero-order valence-corrected chi connectivity index (χ0v) is 9.95. The lowest BCUT2D eigenvalue weighted by molar-refractivity contribution is -0.136. The summed E-state index contributed by atoms with van der Waals surface area (Å²) in [7, 11) is 1.37. The van der Waals surface area contributed by atoms with Gasteiger partial charge in [0, 0.05) is 10.6 Å². The number of rotatable bonds is 3. The molecule has 3 nitrogen and oxygen atoms in total. The largest absolute Gasteiger partial charge is 0.495 e. The van der Waals surface area contributed by atoms with Crippen LogP contribution in [0.3, 0.4) is 0 Å². The number of halogens is 3. The molecule has 0 unspecified atom stereocenters. The SMILES string of the molecule is COc1c(Cl)c(Cl)cc(Cl)c1CC(=O)O. The van der Waals surface area contributed by atoms with Crippen LogP contribution in [0.5, 0.6) is 5.75 Å². The summed E-state index contributed by atoms with van der Waals surface area (Å²) in [6.07, 6.45) is -0.265. The number of benzene rings is 1. The molecule has 0 radical (unpaired) electrons. The lowest BCUT2D eigenvalue weighted by atomic mass is 10.1. The van der Waals surface area contributed by atoms with Gasteiger partial charge in [0.05, 0.1) is 18.6 Å². The average Bonchev–Trinajstić information content (AvgIpc) is 2.14. The van der Waals surface area contributed by atoms with Crippen LogP contribution in [0.2, 0.25) is 15.1 Å². The van der Waals surface area contributed by atoms with Crippen LogP contribution >= 0.6 is 34.8 Å². The molecule has 0 saturated heterocycles. The standard InChI is InChI=1S/C9H7Cl3O3/c1-15-9-4(2-7(13)14)5(10)3-6(11)8(9)12/h3H,2H2,1H3,(H,13,14). The Morgan fingerprint density at radius 2 is 2.00 bits per heavy atom. The minimum Gasteiger partial charge on any atom is -0.495 e. The van der Waals surface area contributed by atoms with Crippen LogP contribution < -0.4 is 4.74 Å². The number of hydrogen-bond acceptors (Lipinski definition) is 2. The van der Waals surface area contributed by atoms with E-state index >= 15 is 0 Å². The number of carbonyl (C=O) groups is 1. The highest BCUT2D eigenvalue weighted by Crippen LogP contribution is 2.39. The van der Waals surface area contributed by atoms with E-state index in [2.05, 4.69) is 0 Å². The predicted octanol–water partition coefficient (Wildman–Crippen LogP) is 3.28. The second-order valence-electron chi connectivity index (χ2n) is 2.74. The quantitative estimate of drug-likeness (QED) is 0.857. The summed E-state index contributed by atoms with van der Waals surface area (Å²) in [6, 6.07) is 1.40. The maximum atomic E-state index is 10.6. The van der Waals surface area contributed by atoms with Crippen LogP contribution in [0, 0.1) is 0 Å². The molecule has 82 valence electrons. The smallest absolute Gasteiger partial charge is 0.308 e. The first-order valence-electron chi connectivity index (χ1n) is 3.89. The maximum Gasteiger partial charge on any atom is 0.308 e. The molecule has 1 N–H and O–H groups in total. The van der Waals surface area contributed by atoms with Crippen molar-refractivity contribution in [3.63, 3.8) is 0 Å². The summed E-state index contributed by atoms with van der Waals surface area (Å²) in [4.78, 5) is 10.6. The Hall–Kier alpha value is -0.640. The molecule has 1 aromatic rings. The third kappa shape index (κ3) is 2.68. The van der Waals surface area contributed by atoms with Crippen molar-refractivity contribution < 1.29 is 14.6 Å². The summed E-state index contributed by atoms with van der Waals surface area (Å²) in [6.45, 7) is 0. The fourth-order valence-corrected chi connectivity index (χ4v) is 1.90. The second-order valence-corrected chi connectivity index (χ2v) is 3.93. The molecule has 0 aliphatic heterocycles. The highest BCUT2D eigenvalue weighted by Gasteiger charge is 2.17. The predicted molar refractivity (Wildman–Crippen MR) is 59.4 cm³/mol. The average molecular weight is 270 g/mol. The molecule has 0 fully saturated rings. The molecule has 0 atom stereocenters. The Balaban J connectivity index is 3.35. The Kier molecular flexibility index (Phi) is 4.08. The summed E-state index contributed by atoms with van der Waals surface area (Å²) in [5, 5.41) is 9.30. The number of aliphatic carboxylic acids is 1. The lowest BCUT2D eigenvalue weighted by Gasteiger charge is -2.11. The van der Waals surface area contributed by atoms with Crippen molar-refractivity contribution in [1.29, 1.82) is 0 Å². The Morgan fingerprint density at radius 3 is 2.47 bits per heavy atom. The van der Waals surface area contributed by atoms with Gasteiger partial charge in [0.15, 0.2) is 0 Å². The number of hydrogen-bond donors (Lipinski definition) is 1. The molecule has 0 heterocycles. The van der Waals surface area contributed by atoms with E-state index in [9.17, 15) is 4.79 Å². The molecule has 0 bridgehead atoms. The number of methoxy groups -OCH3 is 1. The van der Waals surface area contributed by atoms with Crippen LogP contribution in [-0.2, 0) is 11.2 Å². The van der Waals surface area contributed by atoms with E-state index in [1.807, 2.05) is 0 Å². The van der Waals surface area contributed by atoms with Crippen molar-refractivity contribution in [2.24, 2.45) is 0 Å². The van der Waals surface area contributed by atoms with Crippen LogP contribution in [0.4, 0.5) is 0 Å². The van der Waals surface area contributed by atoms with Gasteiger partial charge >= 0.3 is 5.97 Å². The number of carboxylic acids is 1. The normalized spacial score (nSPS) is 10.1. The van der Waals surface area contributed by atoms with E-state index in [1.54, 1.807) is 0 Å². The first-order valence-corrected chi connectivity index (χ1v) is 5.03. The summed E-state index contributed by atoms with van der Waals surface area (Å²) >= 11 is 17.5. The molecule has 0 aliphatic rings. The second kappa shape index (κ2) is 4.92. The third-order valence-corrected chi connectivity index (χ3v) is 2.86. The van der Waals surface area contributed by atoms with Crippen molar-refractivity contribution in [1.82, 2.24) is 0 Å². The minimum atomic E-state index is -1.02. The topological polar surface area (TPSA) is 46.5 Å². The zero-order chi connectivity index (χ0) is 11.6. The molecule has 0 aromatic heterocycles. The van der Waals surface area contributed by atoms with Gasteiger partial charge in [0.1, 0.15) is 10.8 Å². The molecule has 0 saturated carbocycles. The Labute approximate surface area is 102 Å². The first kappa shape index (κ1) is 12.4. The van der Waals surface area contributed by atoms with Gasteiger partial charge in [-0.15, -0.1) is 0 Å². The van der Waals surface area contributed by atoms with Crippen LogP contribution in [0.15, 0.2) is 6.07 Å². The molecule has 6 heteroatoms. The molecule has 0 aliphatic carbocycles. The van der Waals surface area contributed by atoms with Crippen LogP contribution in [-0.4, -0.2) is 18.2 Å². The monoisotopic (exact) mass is 268 g/mol. The van der Waals surface area contributed by atoms with Crippen molar-refractivity contribution in [2.45, 2.75) is 6.42 Å². The van der Waals surface area contributed by atoms with E-state index in [0.717, 1.165) is 0 Å². The summed E-state index contributed by atoms with van der Waals surface area (Å²) < 4.78 is 4.97. The van der Waals surface area contributed by atoms with E-state index in [1.165, 1.54) is 13.2 Å². The molecule has 0 spiro atoms. The van der Waals surface area contributed by atoms with Crippen LogP contribution in [0.25, 0.3) is 0 Å². The van der Waals surface area contributed by atoms with Gasteiger partial charge in [0.25, 0.3) is 0 Å². The van der Waals surface area contributed by atoms with Gasteiger partial charge < -0.3 is 9.84 Å². The van der Waals surface area contributed by atoms with Crippen molar-refractivity contribution >= 4 is 40.8 Å². The molecule has 1 rings (SSSR count). The van der Waals surface area contributed by atoms with E-state index < -0.39 is 5.97 Å². The highest BCUT2D eigenvalue weighted by molar-refractivity contribution is 6.44. The van der Waals surface area contributed by atoms with Crippen molar-refractivity contribution in [3.05, 3.63) is 26.7 Å². The van der Waals surface area contributed by atoms with E-state index in [-0.39, 0.29) is 27.2 Å². The molecule has 0 amide bonds. The van der Waals surface area contributed by atoms with E-state index in [4.69, 9.17) is 44.6 Å². The molecular formula is C9H7Cl3O3. The molecule has 1 aromatic carbocycles. The lowest BCUT2D eigenvalue weighted by Crippen LogP contribution is -2.03. The number of carboxylic acid groups (broad SMARTS) is 1. The molecular weight excluding hydrogens is 262 g/mol. The van der Waals surface area contributed by atoms with Gasteiger partial charge in [-0.25, -0.2) is 0 Å². The van der Waals surface area contributed by atoms with Gasteiger partial charge in [-0.3, -0.25) is 4.79 Å². The summed E-state index contributed by atoms with van der Waals surface area (Å²) in [5.74, 6) is -0.815. The summed E-state index contributed by atoms with van der Waals surface area (Å²) in [5.41, 5.74) is 0.320. The third-order valence-electron chi connectivity index (χ3n) is 1.76. The van der Waals surface area contributed by atoms with Crippen molar-refractivity contribution in [3.8, 4) is 5.75 Å². The first-order chi connectivity index (χ1) is 6.97. The zero-order valence-electron chi connectivity index (χ0n) is 7.68. The maximum absolute atomic E-state index is 10.6. The van der Waals surface area contributed by atoms with Gasteiger partial charge in [-0.05, 0) is 6.07 Å².